The Labute approximate surface area is 172 Å². The third-order valence-electron chi connectivity index (χ3n) is 4.50. The van der Waals surface area contributed by atoms with Crippen molar-refractivity contribution in [1.82, 2.24) is 9.88 Å². The van der Waals surface area contributed by atoms with Gasteiger partial charge in [-0.15, -0.1) is 0 Å². The van der Waals surface area contributed by atoms with E-state index in [-0.39, 0.29) is 16.1 Å². The number of aryl methyl sites for hydroxylation is 1. The van der Waals surface area contributed by atoms with Crippen molar-refractivity contribution >= 4 is 27.5 Å². The Bertz CT molecular complexity index is 943. The van der Waals surface area contributed by atoms with Crippen LogP contribution >= 0.6 is 0 Å². The number of hydrogen-bond donors (Lipinski definition) is 2. The summed E-state index contributed by atoms with van der Waals surface area (Å²) in [6, 6.07) is 7.91. The lowest BCUT2D eigenvalue weighted by atomic mass is 10.2. The molecule has 9 heteroatoms. The van der Waals surface area contributed by atoms with Gasteiger partial charge in [0.25, 0.3) is 10.0 Å². The average molecular weight is 421 g/mol. The lowest BCUT2D eigenvalue weighted by Crippen LogP contribution is -2.33. The number of carboxylic acid groups (broad SMARTS) is 1. The maximum atomic E-state index is 12.9. The highest BCUT2D eigenvalue weighted by atomic mass is 32.2. The zero-order chi connectivity index (χ0) is 21.6. The highest BCUT2D eigenvalue weighted by Crippen LogP contribution is 2.27. The fourth-order valence-corrected chi connectivity index (χ4v) is 3.80. The molecule has 8 nitrogen and oxygen atoms in total. The summed E-state index contributed by atoms with van der Waals surface area (Å²) < 4.78 is 28.3. The summed E-state index contributed by atoms with van der Waals surface area (Å²) in [4.78, 5) is 19.7. The molecule has 2 N–H and O–H groups in total. The zero-order valence-electron chi connectivity index (χ0n) is 17.2. The molecule has 1 heterocycles. The van der Waals surface area contributed by atoms with Gasteiger partial charge in [-0.2, -0.15) is 0 Å². The van der Waals surface area contributed by atoms with Crippen LogP contribution in [0, 0.1) is 0 Å². The number of pyridine rings is 1. The van der Waals surface area contributed by atoms with Crippen molar-refractivity contribution in [3.8, 4) is 0 Å². The van der Waals surface area contributed by atoms with Crippen LogP contribution in [-0.2, 0) is 16.4 Å². The minimum atomic E-state index is -3.90. The van der Waals surface area contributed by atoms with E-state index in [9.17, 15) is 18.3 Å². The molecule has 0 saturated heterocycles. The van der Waals surface area contributed by atoms with Crippen LogP contribution in [0.5, 0.6) is 0 Å². The van der Waals surface area contributed by atoms with E-state index in [0.29, 0.717) is 18.9 Å². The van der Waals surface area contributed by atoms with Crippen LogP contribution in [0.2, 0.25) is 0 Å². The van der Waals surface area contributed by atoms with E-state index < -0.39 is 16.0 Å². The average Bonchev–Trinajstić information content (AvgIpc) is 2.68. The van der Waals surface area contributed by atoms with Gasteiger partial charge >= 0.3 is 5.97 Å². The number of likely N-dealkylation sites (N-methyl/N-ethyl adjacent to an activating group) is 2. The standard InChI is InChI=1S/C20H28N4O4S/c1-5-15-7-9-17(10-8-15)29(27,28)22-18-13-16(20(25)26)14-21-19(18)24(6-2)12-11-23(3)4/h7-10,13-14,22H,5-6,11-12H2,1-4H3,(H,25,26). The van der Waals surface area contributed by atoms with Crippen molar-refractivity contribution in [3.63, 3.8) is 0 Å². The molecule has 0 unspecified atom stereocenters. The third-order valence-corrected chi connectivity index (χ3v) is 5.88. The lowest BCUT2D eigenvalue weighted by Gasteiger charge is -2.26. The van der Waals surface area contributed by atoms with E-state index in [1.165, 1.54) is 12.3 Å². The second kappa shape index (κ2) is 9.71. The first kappa shape index (κ1) is 22.6. The first-order valence-corrected chi connectivity index (χ1v) is 10.9. The van der Waals surface area contributed by atoms with Gasteiger partial charge in [-0.05, 0) is 51.2 Å². The van der Waals surface area contributed by atoms with Gasteiger partial charge in [0, 0.05) is 25.8 Å². The van der Waals surface area contributed by atoms with Crippen molar-refractivity contribution in [2.75, 3.05) is 43.4 Å². The molecule has 0 spiro atoms. The van der Waals surface area contributed by atoms with E-state index in [0.717, 1.165) is 18.5 Å². The molecule has 0 atom stereocenters. The number of aromatic carboxylic acids is 1. The van der Waals surface area contributed by atoms with Crippen molar-refractivity contribution in [2.24, 2.45) is 0 Å². The number of nitrogens with zero attached hydrogens (tertiary/aromatic N) is 3. The number of nitrogens with one attached hydrogen (secondary N) is 1. The number of carbonyl (C=O) groups is 1. The van der Waals surface area contributed by atoms with Crippen LogP contribution in [0.3, 0.4) is 0 Å². The molecule has 158 valence electrons. The highest BCUT2D eigenvalue weighted by Gasteiger charge is 2.21. The Morgan fingerprint density at radius 3 is 2.31 bits per heavy atom. The fourth-order valence-electron chi connectivity index (χ4n) is 2.74. The summed E-state index contributed by atoms with van der Waals surface area (Å²) in [5.41, 5.74) is 1.08. The summed E-state index contributed by atoms with van der Waals surface area (Å²) in [5, 5.41) is 9.31. The predicted octanol–water partition coefficient (Wildman–Crippen LogP) is 2.53. The first-order valence-electron chi connectivity index (χ1n) is 9.42. The Morgan fingerprint density at radius 1 is 1.14 bits per heavy atom. The van der Waals surface area contributed by atoms with Gasteiger partial charge in [0.15, 0.2) is 5.82 Å². The maximum absolute atomic E-state index is 12.9. The Balaban J connectivity index is 2.44. The molecule has 0 radical (unpaired) electrons. The van der Waals surface area contributed by atoms with E-state index in [2.05, 4.69) is 9.71 Å². The van der Waals surface area contributed by atoms with E-state index in [1.54, 1.807) is 24.3 Å². The number of aromatic nitrogens is 1. The topological polar surface area (TPSA) is 103 Å². The molecule has 0 amide bonds. The number of carboxylic acids is 1. The van der Waals surface area contributed by atoms with Crippen LogP contribution in [0.25, 0.3) is 0 Å². The second-order valence-corrected chi connectivity index (χ2v) is 8.57. The summed E-state index contributed by atoms with van der Waals surface area (Å²) in [6.07, 6.45) is 2.05. The summed E-state index contributed by atoms with van der Waals surface area (Å²) in [6.45, 7) is 5.87. The first-order chi connectivity index (χ1) is 13.7. The molecule has 1 aromatic heterocycles. The Hall–Kier alpha value is -2.65. The minimum absolute atomic E-state index is 0.0866. The van der Waals surface area contributed by atoms with Gasteiger partial charge in [-0.25, -0.2) is 18.2 Å². The van der Waals surface area contributed by atoms with Crippen LogP contribution < -0.4 is 9.62 Å². The van der Waals surface area contributed by atoms with Crippen LogP contribution in [0.4, 0.5) is 11.5 Å². The molecule has 2 rings (SSSR count). The minimum Gasteiger partial charge on any atom is -0.478 e. The van der Waals surface area contributed by atoms with E-state index >= 15 is 0 Å². The summed E-state index contributed by atoms with van der Waals surface area (Å²) >= 11 is 0. The van der Waals surface area contributed by atoms with Gasteiger partial charge < -0.3 is 14.9 Å². The number of hydrogen-bond acceptors (Lipinski definition) is 6. The van der Waals surface area contributed by atoms with Gasteiger partial charge in [0.1, 0.15) is 0 Å². The van der Waals surface area contributed by atoms with Crippen molar-refractivity contribution in [2.45, 2.75) is 25.2 Å². The van der Waals surface area contributed by atoms with Crippen LogP contribution in [0.15, 0.2) is 41.4 Å². The lowest BCUT2D eigenvalue weighted by molar-refractivity contribution is 0.0696. The molecule has 0 bridgehead atoms. The SMILES string of the molecule is CCc1ccc(S(=O)(=O)Nc2cc(C(=O)O)cnc2N(CC)CCN(C)C)cc1. The zero-order valence-corrected chi connectivity index (χ0v) is 18.0. The third kappa shape index (κ3) is 5.91. The summed E-state index contributed by atoms with van der Waals surface area (Å²) in [5.74, 6) is -0.777. The fraction of sp³-hybridized carbons (Fsp3) is 0.400. The van der Waals surface area contributed by atoms with Gasteiger partial charge in [0.05, 0.1) is 16.1 Å². The predicted molar refractivity (Wildman–Crippen MR) is 114 cm³/mol. The molecule has 1 aromatic carbocycles. The number of anilines is 2. The van der Waals surface area contributed by atoms with Crippen LogP contribution in [0.1, 0.15) is 29.8 Å². The van der Waals surface area contributed by atoms with Crippen LogP contribution in [-0.4, -0.2) is 63.1 Å². The highest BCUT2D eigenvalue weighted by molar-refractivity contribution is 7.92. The number of rotatable bonds is 10. The normalized spacial score (nSPS) is 11.5. The summed E-state index contributed by atoms with van der Waals surface area (Å²) in [7, 11) is -0.0106. The quantitative estimate of drug-likeness (QED) is 0.609. The molecular formula is C20H28N4O4S. The largest absolute Gasteiger partial charge is 0.478 e. The van der Waals surface area contributed by atoms with Gasteiger partial charge in [-0.1, -0.05) is 19.1 Å². The number of benzene rings is 1. The molecule has 0 aliphatic rings. The molecule has 29 heavy (non-hydrogen) atoms. The van der Waals surface area contributed by atoms with E-state index in [4.69, 9.17) is 0 Å². The van der Waals surface area contributed by atoms with Gasteiger partial charge in [-0.3, -0.25) is 4.72 Å². The Morgan fingerprint density at radius 2 is 1.79 bits per heavy atom. The molecule has 0 aliphatic heterocycles. The van der Waals surface area contributed by atoms with Crippen molar-refractivity contribution < 1.29 is 18.3 Å². The molecule has 0 saturated carbocycles. The molecule has 2 aromatic rings. The monoisotopic (exact) mass is 420 g/mol. The van der Waals surface area contributed by atoms with Crippen molar-refractivity contribution in [1.29, 1.82) is 0 Å². The Kier molecular flexibility index (Phi) is 7.58. The second-order valence-electron chi connectivity index (χ2n) is 6.89. The maximum Gasteiger partial charge on any atom is 0.337 e. The molecular weight excluding hydrogens is 392 g/mol. The smallest absolute Gasteiger partial charge is 0.337 e. The molecule has 0 aliphatic carbocycles. The molecule has 0 fully saturated rings. The number of sulfonamides is 1. The van der Waals surface area contributed by atoms with Crippen molar-refractivity contribution in [3.05, 3.63) is 47.7 Å². The van der Waals surface area contributed by atoms with E-state index in [1.807, 2.05) is 37.7 Å². The van der Waals surface area contributed by atoms with Gasteiger partial charge in [0.2, 0.25) is 0 Å².